The van der Waals surface area contributed by atoms with E-state index >= 15 is 0 Å². The highest BCUT2D eigenvalue weighted by molar-refractivity contribution is 5.73. The fourth-order valence-corrected chi connectivity index (χ4v) is 12.1. The number of aliphatic hydroxyl groups is 24. The van der Waals surface area contributed by atoms with Gasteiger partial charge in [-0.1, -0.05) is 0 Å². The summed E-state index contributed by atoms with van der Waals surface area (Å²) in [6.45, 7) is -6.32. The molecule has 0 aromatic heterocycles. The quantitative estimate of drug-likeness (QED) is 0.0427. The second-order valence-electron chi connectivity index (χ2n) is 23.9. The molecule has 0 bridgehead atoms. The van der Waals surface area contributed by atoms with E-state index in [9.17, 15) is 132 Å². The Morgan fingerprint density at radius 1 is 0.274 bits per heavy atom. The minimum Gasteiger partial charge on any atom is -0.394 e. The number of carbonyl (C=O) groups is 2. The Balaban J connectivity index is 1.14. The normalized spacial score (nSPS) is 50.8. The SMILES string of the molecule is CC(=O)N[C@@H]1[C@@H](O)[C@H](O[C@@H]2O[C@H](CO)[C@@H](O)[C@H](O[C@H]3O[C@H](CO[C@H]4O[C@H](CO[C@@H]5O[C@H](CO)[C@@H](O)[C@H](O)[C@@H]5O)[C@@H](O)[C@H](O[C@H]5O[C@H](CO)[C@@H](O)[C@H](O)[C@@H]5O)[C@@H]4O)[C@@H](O)[C@H](O[C@H]4O[C@H](CO)[C@@H](O)[C@H](O)[C@@H]4O[C@H]4O[C@H](CO)[C@@H](O)[C@H](O)[C@@H]4O)[C@@H]3O)[C@H]2NC(C)=O)[C@@H](CO)O[C@H]1O. The first-order valence-electron chi connectivity index (χ1n) is 30.1. The highest BCUT2D eigenvalue weighted by atomic mass is 16.8. The molecule has 43 heteroatoms. The fraction of sp³-hybridized carbons (Fsp3) is 0.962. The lowest BCUT2D eigenvalue weighted by Crippen LogP contribution is -2.71. The van der Waals surface area contributed by atoms with Gasteiger partial charge in [0.15, 0.2) is 50.3 Å². The van der Waals surface area contributed by atoms with E-state index in [1.54, 1.807) is 0 Å². The van der Waals surface area contributed by atoms with Crippen LogP contribution in [0.25, 0.3) is 0 Å². The molecule has 0 spiro atoms. The molecule has 0 radical (unpaired) electrons. The largest absolute Gasteiger partial charge is 0.394 e. The molecule has 8 aliphatic rings. The summed E-state index contributed by atoms with van der Waals surface area (Å²) in [6.07, 6.45) is -78.4. The van der Waals surface area contributed by atoms with Gasteiger partial charge in [0.1, 0.15) is 195 Å². The average Bonchev–Trinajstić information content (AvgIpc) is 0.777. The Morgan fingerprint density at radius 2 is 0.579 bits per heavy atom. The van der Waals surface area contributed by atoms with E-state index in [1.165, 1.54) is 0 Å². The molecule has 40 atom stereocenters. The van der Waals surface area contributed by atoms with Crippen molar-refractivity contribution >= 4 is 11.8 Å². The van der Waals surface area contributed by atoms with Gasteiger partial charge < -0.3 is 204 Å². The highest BCUT2D eigenvalue weighted by Crippen LogP contribution is 2.38. The third-order valence-electron chi connectivity index (χ3n) is 17.4. The van der Waals surface area contributed by atoms with Crippen LogP contribution in [-0.2, 0) is 80.6 Å². The number of hydrogen-bond acceptors (Lipinski definition) is 41. The van der Waals surface area contributed by atoms with Crippen molar-refractivity contribution in [2.24, 2.45) is 0 Å². The van der Waals surface area contributed by atoms with Crippen LogP contribution in [0.2, 0.25) is 0 Å². The summed E-state index contributed by atoms with van der Waals surface area (Å²) in [6, 6.07) is -3.57. The lowest BCUT2D eigenvalue weighted by atomic mass is 9.93. The predicted molar refractivity (Wildman–Crippen MR) is 288 cm³/mol. The summed E-state index contributed by atoms with van der Waals surface area (Å²) < 4.78 is 86.8. The molecule has 8 rings (SSSR count). The molecule has 8 heterocycles. The first kappa shape index (κ1) is 78.1. The molecular formula is C52H88N2O41. The Bertz CT molecular complexity index is 2380. The van der Waals surface area contributed by atoms with Crippen molar-refractivity contribution < 1.29 is 203 Å². The maximum absolute atomic E-state index is 13.1. The molecule has 95 heavy (non-hydrogen) atoms. The molecule has 8 aliphatic heterocycles. The van der Waals surface area contributed by atoms with E-state index in [-0.39, 0.29) is 0 Å². The van der Waals surface area contributed by atoms with Gasteiger partial charge >= 0.3 is 0 Å². The molecule has 8 saturated heterocycles. The van der Waals surface area contributed by atoms with Crippen LogP contribution in [0.4, 0.5) is 0 Å². The number of hydrogen-bond donors (Lipinski definition) is 26. The first-order chi connectivity index (χ1) is 44.9. The zero-order valence-electron chi connectivity index (χ0n) is 50.4. The summed E-state index contributed by atoms with van der Waals surface area (Å²) in [5.41, 5.74) is 0. The molecule has 0 aliphatic carbocycles. The number of carbonyl (C=O) groups excluding carboxylic acids is 2. The Morgan fingerprint density at radius 3 is 1.04 bits per heavy atom. The van der Waals surface area contributed by atoms with Gasteiger partial charge in [0, 0.05) is 13.8 Å². The fourth-order valence-electron chi connectivity index (χ4n) is 12.1. The van der Waals surface area contributed by atoms with Gasteiger partial charge in [-0.2, -0.15) is 0 Å². The highest BCUT2D eigenvalue weighted by Gasteiger charge is 2.59. The molecule has 0 saturated carbocycles. The maximum Gasteiger partial charge on any atom is 0.217 e. The zero-order valence-corrected chi connectivity index (χ0v) is 50.4. The average molecular weight is 1400 g/mol. The van der Waals surface area contributed by atoms with Gasteiger partial charge in [-0.15, -0.1) is 0 Å². The van der Waals surface area contributed by atoms with Crippen LogP contribution >= 0.6 is 0 Å². The van der Waals surface area contributed by atoms with Crippen LogP contribution in [0.15, 0.2) is 0 Å². The Hall–Kier alpha value is -2.62. The smallest absolute Gasteiger partial charge is 0.217 e. The maximum atomic E-state index is 13.1. The number of ether oxygens (including phenoxy) is 15. The molecule has 0 unspecified atom stereocenters. The number of nitrogens with one attached hydrogen (secondary N) is 2. The minimum absolute atomic E-state index is 0.786. The summed E-state index contributed by atoms with van der Waals surface area (Å²) in [7, 11) is 0. The van der Waals surface area contributed by atoms with Crippen LogP contribution in [-0.4, -0.2) is 433 Å². The van der Waals surface area contributed by atoms with E-state index in [1.807, 2.05) is 0 Å². The third kappa shape index (κ3) is 17.0. The first-order valence-corrected chi connectivity index (χ1v) is 30.1. The predicted octanol–water partition coefficient (Wildman–Crippen LogP) is -18.2. The van der Waals surface area contributed by atoms with Crippen molar-refractivity contribution in [3.05, 3.63) is 0 Å². The summed E-state index contributed by atoms with van der Waals surface area (Å²) in [5, 5.41) is 266. The van der Waals surface area contributed by atoms with Crippen molar-refractivity contribution in [2.75, 3.05) is 52.9 Å². The van der Waals surface area contributed by atoms with Crippen LogP contribution in [0, 0.1) is 0 Å². The molecule has 0 aromatic carbocycles. The van der Waals surface area contributed by atoms with Crippen LogP contribution in [0.1, 0.15) is 13.8 Å². The summed E-state index contributed by atoms with van der Waals surface area (Å²) in [4.78, 5) is 25.2. The second-order valence-corrected chi connectivity index (χ2v) is 23.9. The monoisotopic (exact) mass is 1400 g/mol. The minimum atomic E-state index is -2.52. The van der Waals surface area contributed by atoms with Crippen LogP contribution in [0.3, 0.4) is 0 Å². The van der Waals surface area contributed by atoms with E-state index in [2.05, 4.69) is 10.6 Å². The van der Waals surface area contributed by atoms with Gasteiger partial charge in [0.05, 0.1) is 52.9 Å². The van der Waals surface area contributed by atoms with Crippen LogP contribution in [0.5, 0.6) is 0 Å². The zero-order chi connectivity index (χ0) is 69.9. The van der Waals surface area contributed by atoms with Gasteiger partial charge in [0.2, 0.25) is 11.8 Å². The van der Waals surface area contributed by atoms with Gasteiger partial charge in [-0.3, -0.25) is 9.59 Å². The lowest BCUT2D eigenvalue weighted by Gasteiger charge is -2.51. The number of aliphatic hydroxyl groups excluding tert-OH is 24. The molecule has 552 valence electrons. The van der Waals surface area contributed by atoms with Crippen molar-refractivity contribution in [1.29, 1.82) is 0 Å². The lowest BCUT2D eigenvalue weighted by molar-refractivity contribution is -0.398. The molecule has 43 nitrogen and oxygen atoms in total. The van der Waals surface area contributed by atoms with Crippen molar-refractivity contribution in [3.8, 4) is 0 Å². The van der Waals surface area contributed by atoms with Crippen LogP contribution < -0.4 is 10.6 Å². The van der Waals surface area contributed by atoms with Gasteiger partial charge in [-0.25, -0.2) is 0 Å². The van der Waals surface area contributed by atoms with E-state index < -0.39 is 310 Å². The van der Waals surface area contributed by atoms with Crippen molar-refractivity contribution in [2.45, 2.75) is 259 Å². The Kier molecular flexibility index (Phi) is 27.9. The Labute approximate surface area is 536 Å². The van der Waals surface area contributed by atoms with E-state index in [0.717, 1.165) is 13.8 Å². The van der Waals surface area contributed by atoms with Crippen molar-refractivity contribution in [3.63, 3.8) is 0 Å². The number of rotatable bonds is 24. The summed E-state index contributed by atoms with van der Waals surface area (Å²) in [5.74, 6) is -1.73. The number of amides is 2. The molecule has 0 aromatic rings. The molecule has 8 fully saturated rings. The van der Waals surface area contributed by atoms with E-state index in [0.29, 0.717) is 0 Å². The van der Waals surface area contributed by atoms with Gasteiger partial charge in [0.25, 0.3) is 0 Å². The standard InChI is InChI=1S/C52H88N2O41/c1-11(61)53-21-30(70)40(18(8-60)83-45(21)80)91-46-22(54-12(2)62)41(27(67)17(7-59)84-46)92-51-39(79)43(94-52-44(34(74)26(66)16(6-58)88-52)95-50-37(77)33(73)25(65)15(5-57)87-50)29(69)20(90-51)10-82-48-38(78)42(93-49-36(76)32(72)24(64)14(4-56)86-49)28(68)19(89-48)9-81-47-35(75)31(71)23(63)13(3-55)85-47/h13-52,55-60,63-80H,3-10H2,1-2H3,(H,53,61)(H,54,62)/t13-,14-,15-,16-,17-,18-,19-,20-,21-,22-,23-,24-,25-,26-,27-,28-,29-,30-,31+,32+,33+,34+,35+,36+,37+,38+,39+,40-,41-,42+,43+,44+,45-,46+,47-,48+,49-,50-,51-,52-/m1/s1. The molecule has 26 N–H and O–H groups in total. The second kappa shape index (κ2) is 33.9. The topological polar surface area (TPSA) is 682 Å². The third-order valence-corrected chi connectivity index (χ3v) is 17.4. The summed E-state index contributed by atoms with van der Waals surface area (Å²) >= 11 is 0. The van der Waals surface area contributed by atoms with Crippen molar-refractivity contribution in [1.82, 2.24) is 10.6 Å². The van der Waals surface area contributed by atoms with E-state index in [4.69, 9.17) is 71.1 Å². The molecule has 2 amide bonds. The van der Waals surface area contributed by atoms with Gasteiger partial charge in [-0.05, 0) is 0 Å². The molecular weight excluding hydrogens is 1310 g/mol.